The lowest BCUT2D eigenvalue weighted by Crippen LogP contribution is -2.40. The maximum absolute atomic E-state index is 13.6. The zero-order valence-electron chi connectivity index (χ0n) is 21.0. The van der Waals surface area contributed by atoms with Crippen molar-refractivity contribution in [2.45, 2.75) is 50.9 Å². The first kappa shape index (κ1) is 25.4. The average molecular weight is 560 g/mol. The predicted octanol–water partition coefficient (Wildman–Crippen LogP) is 6.13. The van der Waals surface area contributed by atoms with Crippen LogP contribution in [0.2, 0.25) is 0 Å². The van der Waals surface area contributed by atoms with Crippen molar-refractivity contribution in [3.63, 3.8) is 0 Å². The average Bonchev–Trinajstić information content (AvgIpc) is 2.91. The van der Waals surface area contributed by atoms with Gasteiger partial charge in [0.1, 0.15) is 6.61 Å². The maximum Gasteiger partial charge on any atom is 0.176 e. The summed E-state index contributed by atoms with van der Waals surface area (Å²) in [6.07, 6.45) is 10.6. The molecule has 5 nitrogen and oxygen atoms in total. The van der Waals surface area contributed by atoms with E-state index in [0.29, 0.717) is 28.8 Å². The molecule has 0 saturated carbocycles. The standard InChI is InChI=1S/C31H30BrNO4/c1-3-17-37-31-22(32)18-21(19-27(31)36-2)28-29-23(11-7-13-25(29)34)33(16-15-20-9-5-4-6-10-20)24-12-8-14-26(35)30(24)28/h1,4-6,9-10,18-19,28H,7-8,11-17H2,2H3. The lowest BCUT2D eigenvalue weighted by molar-refractivity contribution is -0.117. The number of benzene rings is 2. The molecule has 2 aromatic rings. The second kappa shape index (κ2) is 11.0. The van der Waals surface area contributed by atoms with Gasteiger partial charge in [-0.3, -0.25) is 9.59 Å². The Labute approximate surface area is 226 Å². The van der Waals surface area contributed by atoms with Crippen molar-refractivity contribution in [1.29, 1.82) is 0 Å². The van der Waals surface area contributed by atoms with Gasteiger partial charge in [0.15, 0.2) is 23.1 Å². The van der Waals surface area contributed by atoms with Crippen molar-refractivity contribution >= 4 is 27.5 Å². The highest BCUT2D eigenvalue weighted by Crippen LogP contribution is 2.51. The van der Waals surface area contributed by atoms with Crippen LogP contribution in [0.25, 0.3) is 0 Å². The van der Waals surface area contributed by atoms with Gasteiger partial charge in [-0.2, -0.15) is 0 Å². The molecule has 1 aliphatic heterocycles. The molecule has 1 heterocycles. The third-order valence-corrected chi connectivity index (χ3v) is 8.03. The van der Waals surface area contributed by atoms with E-state index in [4.69, 9.17) is 15.9 Å². The molecule has 6 heteroatoms. The van der Waals surface area contributed by atoms with E-state index >= 15 is 0 Å². The minimum Gasteiger partial charge on any atom is -0.493 e. The van der Waals surface area contributed by atoms with Crippen molar-refractivity contribution in [3.8, 4) is 23.8 Å². The number of hydrogen-bond donors (Lipinski definition) is 0. The number of hydrogen-bond acceptors (Lipinski definition) is 5. The van der Waals surface area contributed by atoms with Crippen LogP contribution >= 0.6 is 15.9 Å². The number of ether oxygens (including phenoxy) is 2. The zero-order valence-corrected chi connectivity index (χ0v) is 22.6. The largest absolute Gasteiger partial charge is 0.493 e. The Morgan fingerprint density at radius 1 is 1.00 bits per heavy atom. The molecule has 0 aromatic heterocycles. The number of methoxy groups -OCH3 is 1. The highest BCUT2D eigenvalue weighted by Gasteiger charge is 2.43. The Morgan fingerprint density at radius 2 is 1.65 bits per heavy atom. The molecule has 2 aliphatic carbocycles. The molecule has 0 N–H and O–H groups in total. The van der Waals surface area contributed by atoms with Crippen LogP contribution in [0.4, 0.5) is 0 Å². The lowest BCUT2D eigenvalue weighted by atomic mass is 9.71. The van der Waals surface area contributed by atoms with E-state index < -0.39 is 5.92 Å². The van der Waals surface area contributed by atoms with Crippen LogP contribution in [0, 0.1) is 12.3 Å². The number of carbonyl (C=O) groups excluding carboxylic acids is 2. The molecule has 3 aliphatic rings. The summed E-state index contributed by atoms with van der Waals surface area (Å²) in [7, 11) is 1.58. The van der Waals surface area contributed by atoms with Crippen molar-refractivity contribution in [2.75, 3.05) is 20.3 Å². The van der Waals surface area contributed by atoms with Crippen LogP contribution < -0.4 is 9.47 Å². The summed E-state index contributed by atoms with van der Waals surface area (Å²) in [5.41, 5.74) is 5.78. The molecule has 0 unspecified atom stereocenters. The molecule has 0 atom stereocenters. The Morgan fingerprint density at radius 3 is 2.24 bits per heavy atom. The van der Waals surface area contributed by atoms with Crippen LogP contribution in [0.3, 0.4) is 0 Å². The molecule has 0 amide bonds. The third-order valence-electron chi connectivity index (χ3n) is 7.44. The van der Waals surface area contributed by atoms with Crippen LogP contribution in [0.1, 0.15) is 55.6 Å². The normalized spacial score (nSPS) is 17.9. The fraction of sp³-hybridized carbons (Fsp3) is 0.355. The first-order valence-electron chi connectivity index (χ1n) is 12.8. The van der Waals surface area contributed by atoms with E-state index in [-0.39, 0.29) is 18.2 Å². The lowest BCUT2D eigenvalue weighted by Gasteiger charge is -2.44. The first-order valence-corrected chi connectivity index (χ1v) is 13.6. The van der Waals surface area contributed by atoms with Gasteiger partial charge < -0.3 is 14.4 Å². The number of nitrogens with zero attached hydrogens (tertiary/aromatic N) is 1. The molecular formula is C31H30BrNO4. The molecule has 0 saturated heterocycles. The Balaban J connectivity index is 1.64. The van der Waals surface area contributed by atoms with Gasteiger partial charge in [-0.25, -0.2) is 0 Å². The van der Waals surface area contributed by atoms with Gasteiger partial charge in [0.05, 0.1) is 11.6 Å². The monoisotopic (exact) mass is 559 g/mol. The van der Waals surface area contributed by atoms with E-state index in [9.17, 15) is 9.59 Å². The SMILES string of the molecule is C#CCOc1c(Br)cc(C2C3=C(CCCC3=O)N(CCc3ccccc3)C3=C2C(=O)CCC3)cc1OC. The second-order valence-electron chi connectivity index (χ2n) is 9.62. The van der Waals surface area contributed by atoms with Crippen LogP contribution in [-0.2, 0) is 16.0 Å². The number of terminal acetylenes is 1. The molecule has 0 radical (unpaired) electrons. The maximum atomic E-state index is 13.6. The fourth-order valence-electron chi connectivity index (χ4n) is 5.87. The van der Waals surface area contributed by atoms with E-state index in [1.165, 1.54) is 5.56 Å². The van der Waals surface area contributed by atoms with Gasteiger partial charge in [0.2, 0.25) is 0 Å². The second-order valence-corrected chi connectivity index (χ2v) is 10.5. The molecule has 37 heavy (non-hydrogen) atoms. The van der Waals surface area contributed by atoms with Gasteiger partial charge >= 0.3 is 0 Å². The summed E-state index contributed by atoms with van der Waals surface area (Å²) in [6, 6.07) is 14.2. The van der Waals surface area contributed by atoms with E-state index in [1.54, 1.807) is 7.11 Å². The topological polar surface area (TPSA) is 55.8 Å². The Kier molecular flexibility index (Phi) is 7.53. The highest BCUT2D eigenvalue weighted by molar-refractivity contribution is 9.10. The quantitative estimate of drug-likeness (QED) is 0.382. The van der Waals surface area contributed by atoms with Crippen molar-refractivity contribution < 1.29 is 19.1 Å². The van der Waals surface area contributed by atoms with Gasteiger partial charge in [0.25, 0.3) is 0 Å². The Bertz CT molecular complexity index is 1290. The fourth-order valence-corrected chi connectivity index (χ4v) is 6.44. The number of carbonyl (C=O) groups is 2. The van der Waals surface area contributed by atoms with Gasteiger partial charge in [-0.05, 0) is 71.3 Å². The molecule has 190 valence electrons. The summed E-state index contributed by atoms with van der Waals surface area (Å²) in [5.74, 6) is 3.35. The predicted molar refractivity (Wildman–Crippen MR) is 146 cm³/mol. The molecule has 5 rings (SSSR count). The van der Waals surface area contributed by atoms with E-state index in [2.05, 4.69) is 38.9 Å². The summed E-state index contributed by atoms with van der Waals surface area (Å²) in [6.45, 7) is 0.858. The number of ketones is 2. The number of halogens is 1. The minimum absolute atomic E-state index is 0.107. The molecular weight excluding hydrogens is 530 g/mol. The van der Waals surface area contributed by atoms with E-state index in [1.807, 2.05) is 30.3 Å². The first-order chi connectivity index (χ1) is 18.0. The van der Waals surface area contributed by atoms with Crippen molar-refractivity contribution in [2.24, 2.45) is 0 Å². The summed E-state index contributed by atoms with van der Waals surface area (Å²) >= 11 is 3.62. The smallest absolute Gasteiger partial charge is 0.176 e. The van der Waals surface area contributed by atoms with Gasteiger partial charge in [-0.1, -0.05) is 36.3 Å². The van der Waals surface area contributed by atoms with Gasteiger partial charge in [-0.15, -0.1) is 6.42 Å². The van der Waals surface area contributed by atoms with Crippen LogP contribution in [0.15, 0.2) is 69.5 Å². The third kappa shape index (κ3) is 4.85. The van der Waals surface area contributed by atoms with E-state index in [0.717, 1.165) is 66.8 Å². The summed E-state index contributed by atoms with van der Waals surface area (Å²) in [4.78, 5) is 29.4. The molecule has 0 fully saturated rings. The van der Waals surface area contributed by atoms with Crippen LogP contribution in [0.5, 0.6) is 11.5 Å². The number of Topliss-reactive ketones (excluding diaryl/α,β-unsaturated/α-hetero) is 2. The minimum atomic E-state index is -0.412. The summed E-state index contributed by atoms with van der Waals surface area (Å²) < 4.78 is 12.1. The zero-order chi connectivity index (χ0) is 25.9. The van der Waals surface area contributed by atoms with Crippen LogP contribution in [-0.4, -0.2) is 36.7 Å². The molecule has 2 aromatic carbocycles. The highest BCUT2D eigenvalue weighted by atomic mass is 79.9. The van der Waals surface area contributed by atoms with Crippen molar-refractivity contribution in [3.05, 3.63) is 80.6 Å². The molecule has 0 bridgehead atoms. The summed E-state index contributed by atoms with van der Waals surface area (Å²) in [5, 5.41) is 0. The Hall–Kier alpha value is -3.30. The number of allylic oxidation sites excluding steroid dienone is 4. The number of rotatable bonds is 7. The molecule has 0 spiro atoms. The van der Waals surface area contributed by atoms with Gasteiger partial charge in [0, 0.05) is 47.8 Å². The van der Waals surface area contributed by atoms with Crippen molar-refractivity contribution in [1.82, 2.24) is 4.90 Å².